The van der Waals surface area contributed by atoms with E-state index in [2.05, 4.69) is 38.1 Å². The molecule has 0 amide bonds. The highest BCUT2D eigenvalue weighted by molar-refractivity contribution is 9.10. The molecule has 0 aliphatic carbocycles. The normalized spacial score (nSPS) is 18.0. The van der Waals surface area contributed by atoms with Gasteiger partial charge in [-0.1, -0.05) is 40.2 Å². The van der Waals surface area contributed by atoms with E-state index in [4.69, 9.17) is 0 Å². The molecule has 0 saturated heterocycles. The molecule has 22 heavy (non-hydrogen) atoms. The molecule has 4 nitrogen and oxygen atoms in total. The summed E-state index contributed by atoms with van der Waals surface area (Å²) < 4.78 is 28.2. The molecule has 2 aromatic carbocycles. The van der Waals surface area contributed by atoms with Crippen molar-refractivity contribution in [2.45, 2.75) is 17.4 Å². The van der Waals surface area contributed by atoms with Gasteiger partial charge in [0.2, 0.25) is 10.0 Å². The Kier molecular flexibility index (Phi) is 4.63. The molecule has 0 saturated carbocycles. The lowest BCUT2D eigenvalue weighted by molar-refractivity contribution is 0.491. The lowest BCUT2D eigenvalue weighted by Crippen LogP contribution is -2.38. The first-order valence-electron chi connectivity index (χ1n) is 7.13. The molecule has 3 rings (SSSR count). The second kappa shape index (κ2) is 6.50. The van der Waals surface area contributed by atoms with E-state index in [1.165, 1.54) is 11.1 Å². The minimum atomic E-state index is -3.49. The number of sulfonamides is 1. The smallest absolute Gasteiger partial charge is 0.240 e. The summed E-state index contributed by atoms with van der Waals surface area (Å²) in [5.41, 5.74) is 2.46. The zero-order valence-corrected chi connectivity index (χ0v) is 14.3. The van der Waals surface area contributed by atoms with Crippen LogP contribution in [0.5, 0.6) is 0 Å². The highest BCUT2D eigenvalue weighted by Gasteiger charge is 2.22. The summed E-state index contributed by atoms with van der Waals surface area (Å²) >= 11 is 3.31. The number of benzene rings is 2. The monoisotopic (exact) mass is 380 g/mol. The topological polar surface area (TPSA) is 58.2 Å². The first-order chi connectivity index (χ1) is 10.6. The van der Waals surface area contributed by atoms with E-state index in [0.29, 0.717) is 6.54 Å². The van der Waals surface area contributed by atoms with Crippen LogP contribution >= 0.6 is 15.9 Å². The molecule has 6 heteroatoms. The van der Waals surface area contributed by atoms with Crippen LogP contribution in [0.15, 0.2) is 57.9 Å². The maximum Gasteiger partial charge on any atom is 0.240 e. The molecule has 0 bridgehead atoms. The van der Waals surface area contributed by atoms with Gasteiger partial charge in [0, 0.05) is 17.1 Å². The van der Waals surface area contributed by atoms with Gasteiger partial charge in [-0.3, -0.25) is 0 Å². The van der Waals surface area contributed by atoms with Gasteiger partial charge < -0.3 is 5.32 Å². The Balaban J connectivity index is 1.74. The molecular weight excluding hydrogens is 364 g/mol. The van der Waals surface area contributed by atoms with Crippen molar-refractivity contribution in [1.82, 2.24) is 10.0 Å². The average Bonchev–Trinajstić information content (AvgIpc) is 2.53. The SMILES string of the molecule is O=S(=O)(NCC1NCCc2ccccc21)c1ccc(Br)cc1. The number of halogens is 1. The summed E-state index contributed by atoms with van der Waals surface area (Å²) in [6.45, 7) is 1.21. The molecule has 0 fully saturated rings. The van der Waals surface area contributed by atoms with Gasteiger partial charge in [0.05, 0.1) is 4.90 Å². The fraction of sp³-hybridized carbons (Fsp3) is 0.250. The molecule has 2 N–H and O–H groups in total. The molecule has 1 atom stereocenters. The van der Waals surface area contributed by atoms with Gasteiger partial charge in [0.15, 0.2) is 0 Å². The Bertz CT molecular complexity index is 760. The second-order valence-electron chi connectivity index (χ2n) is 5.26. The van der Waals surface area contributed by atoms with Crippen LogP contribution in [0.4, 0.5) is 0 Å². The van der Waals surface area contributed by atoms with E-state index < -0.39 is 10.0 Å². The van der Waals surface area contributed by atoms with Crippen LogP contribution in [0, 0.1) is 0 Å². The molecule has 116 valence electrons. The number of nitrogens with one attached hydrogen (secondary N) is 2. The van der Waals surface area contributed by atoms with Crippen molar-refractivity contribution < 1.29 is 8.42 Å². The molecule has 1 heterocycles. The maximum absolute atomic E-state index is 12.3. The molecule has 1 aliphatic rings. The number of hydrogen-bond donors (Lipinski definition) is 2. The minimum absolute atomic E-state index is 0.00942. The van der Waals surface area contributed by atoms with Crippen LogP contribution in [0.25, 0.3) is 0 Å². The van der Waals surface area contributed by atoms with Crippen molar-refractivity contribution in [1.29, 1.82) is 0 Å². The predicted octanol–water partition coefficient (Wildman–Crippen LogP) is 2.61. The van der Waals surface area contributed by atoms with Crippen LogP contribution in [0.3, 0.4) is 0 Å². The third-order valence-corrected chi connectivity index (χ3v) is 5.79. The summed E-state index contributed by atoms with van der Waals surface area (Å²) in [4.78, 5) is 0.278. The standard InChI is InChI=1S/C16H17BrN2O2S/c17-13-5-7-14(8-6-13)22(20,21)19-11-16-15-4-2-1-3-12(15)9-10-18-16/h1-8,16,18-19H,9-11H2. The fourth-order valence-corrected chi connectivity index (χ4v) is 3.98. The molecule has 1 unspecified atom stereocenters. The van der Waals surface area contributed by atoms with E-state index >= 15 is 0 Å². The summed E-state index contributed by atoms with van der Waals surface area (Å²) in [7, 11) is -3.49. The van der Waals surface area contributed by atoms with Crippen LogP contribution in [-0.4, -0.2) is 21.5 Å². The van der Waals surface area contributed by atoms with E-state index in [-0.39, 0.29) is 10.9 Å². The maximum atomic E-state index is 12.3. The third-order valence-electron chi connectivity index (χ3n) is 3.82. The van der Waals surface area contributed by atoms with Gasteiger partial charge in [-0.05, 0) is 48.4 Å². The van der Waals surface area contributed by atoms with Gasteiger partial charge in [-0.2, -0.15) is 0 Å². The molecule has 0 radical (unpaired) electrons. The second-order valence-corrected chi connectivity index (χ2v) is 7.94. The van der Waals surface area contributed by atoms with Crippen LogP contribution in [0.2, 0.25) is 0 Å². The molecule has 0 aromatic heterocycles. The summed E-state index contributed by atoms with van der Waals surface area (Å²) in [6.07, 6.45) is 0.978. The van der Waals surface area contributed by atoms with E-state index in [1.54, 1.807) is 24.3 Å². The average molecular weight is 381 g/mol. The van der Waals surface area contributed by atoms with Crippen molar-refractivity contribution in [2.24, 2.45) is 0 Å². The van der Waals surface area contributed by atoms with Gasteiger partial charge in [0.1, 0.15) is 0 Å². The van der Waals surface area contributed by atoms with Crippen LogP contribution in [0.1, 0.15) is 17.2 Å². The molecule has 2 aromatic rings. The Morgan fingerprint density at radius 2 is 1.86 bits per heavy atom. The summed E-state index contributed by atoms with van der Waals surface area (Å²) in [5, 5.41) is 3.37. The summed E-state index contributed by atoms with van der Waals surface area (Å²) in [6, 6.07) is 14.8. The van der Waals surface area contributed by atoms with Crippen molar-refractivity contribution >= 4 is 26.0 Å². The van der Waals surface area contributed by atoms with Crippen LogP contribution < -0.4 is 10.0 Å². The Morgan fingerprint density at radius 3 is 2.64 bits per heavy atom. The number of fused-ring (bicyclic) bond motifs is 1. The number of hydrogen-bond acceptors (Lipinski definition) is 3. The van der Waals surface area contributed by atoms with E-state index in [0.717, 1.165) is 17.4 Å². The Hall–Kier alpha value is -1.21. The number of rotatable bonds is 4. The van der Waals surface area contributed by atoms with Crippen molar-refractivity contribution in [3.05, 3.63) is 64.1 Å². The molecule has 0 spiro atoms. The predicted molar refractivity (Wildman–Crippen MR) is 90.2 cm³/mol. The highest BCUT2D eigenvalue weighted by Crippen LogP contribution is 2.22. The Labute approximate surface area is 139 Å². The molecular formula is C16H17BrN2O2S. The lowest BCUT2D eigenvalue weighted by Gasteiger charge is -2.27. The largest absolute Gasteiger partial charge is 0.308 e. The minimum Gasteiger partial charge on any atom is -0.308 e. The van der Waals surface area contributed by atoms with Gasteiger partial charge in [0.25, 0.3) is 0 Å². The first-order valence-corrected chi connectivity index (χ1v) is 9.40. The van der Waals surface area contributed by atoms with E-state index in [1.807, 2.05) is 12.1 Å². The zero-order valence-electron chi connectivity index (χ0n) is 11.9. The lowest BCUT2D eigenvalue weighted by atomic mass is 9.95. The van der Waals surface area contributed by atoms with Crippen molar-refractivity contribution in [3.63, 3.8) is 0 Å². The van der Waals surface area contributed by atoms with Gasteiger partial charge in [-0.15, -0.1) is 0 Å². The third kappa shape index (κ3) is 3.41. The van der Waals surface area contributed by atoms with Gasteiger partial charge in [-0.25, -0.2) is 13.1 Å². The van der Waals surface area contributed by atoms with Crippen molar-refractivity contribution in [3.8, 4) is 0 Å². The quantitative estimate of drug-likeness (QED) is 0.856. The molecule has 1 aliphatic heterocycles. The zero-order chi connectivity index (χ0) is 15.6. The van der Waals surface area contributed by atoms with E-state index in [9.17, 15) is 8.42 Å². The van der Waals surface area contributed by atoms with Gasteiger partial charge >= 0.3 is 0 Å². The highest BCUT2D eigenvalue weighted by atomic mass is 79.9. The first kappa shape index (κ1) is 15.7. The Morgan fingerprint density at radius 1 is 1.14 bits per heavy atom. The fourth-order valence-electron chi connectivity index (χ4n) is 2.67. The van der Waals surface area contributed by atoms with Crippen molar-refractivity contribution in [2.75, 3.05) is 13.1 Å². The van der Waals surface area contributed by atoms with Crippen LogP contribution in [-0.2, 0) is 16.4 Å². The summed E-state index contributed by atoms with van der Waals surface area (Å²) in [5.74, 6) is 0.